The zero-order valence-corrected chi connectivity index (χ0v) is 12.8. The number of nitrogens with one attached hydrogen (secondary N) is 1. The minimum absolute atomic E-state index is 0.00529. The van der Waals surface area contributed by atoms with Crippen molar-refractivity contribution in [3.63, 3.8) is 0 Å². The van der Waals surface area contributed by atoms with Crippen LogP contribution in [0.3, 0.4) is 0 Å². The first kappa shape index (κ1) is 15.8. The van der Waals surface area contributed by atoms with Crippen LogP contribution in [0.5, 0.6) is 6.01 Å². The van der Waals surface area contributed by atoms with Gasteiger partial charge in [-0.1, -0.05) is 19.3 Å². The standard InChI is InChI=1S/C14H25N5O2/c1-10(2)21-14-18-12(15)17-13(19-14)16-8-9-20-11-6-4-3-5-7-11/h10-11H,3-9H2,1-2H3,(H3,15,16,17,18,19). The third kappa shape index (κ3) is 5.71. The van der Waals surface area contributed by atoms with Crippen LogP contribution in [-0.2, 0) is 4.74 Å². The summed E-state index contributed by atoms with van der Waals surface area (Å²) in [6.07, 6.45) is 6.63. The monoisotopic (exact) mass is 295 g/mol. The number of hydrogen-bond acceptors (Lipinski definition) is 7. The Hall–Kier alpha value is -1.63. The minimum atomic E-state index is -0.00529. The average Bonchev–Trinajstić information content (AvgIpc) is 2.43. The molecule has 3 N–H and O–H groups in total. The summed E-state index contributed by atoms with van der Waals surface area (Å²) in [5.74, 6) is 0.571. The second-order valence-electron chi connectivity index (χ2n) is 5.52. The van der Waals surface area contributed by atoms with E-state index in [0.717, 1.165) is 0 Å². The Morgan fingerprint density at radius 2 is 1.95 bits per heavy atom. The lowest BCUT2D eigenvalue weighted by molar-refractivity contribution is 0.0347. The van der Waals surface area contributed by atoms with E-state index in [1.165, 1.54) is 32.1 Å². The lowest BCUT2D eigenvalue weighted by atomic mass is 9.98. The molecule has 1 heterocycles. The molecule has 1 aromatic heterocycles. The Morgan fingerprint density at radius 3 is 2.67 bits per heavy atom. The summed E-state index contributed by atoms with van der Waals surface area (Å²) in [5.41, 5.74) is 5.64. The molecule has 0 unspecified atom stereocenters. The minimum Gasteiger partial charge on any atom is -0.461 e. The molecule has 1 fully saturated rings. The van der Waals surface area contributed by atoms with Gasteiger partial charge in [0.2, 0.25) is 11.9 Å². The number of nitrogen functional groups attached to an aromatic ring is 1. The lowest BCUT2D eigenvalue weighted by Crippen LogP contribution is -2.21. The predicted molar refractivity (Wildman–Crippen MR) is 81.3 cm³/mol. The SMILES string of the molecule is CC(C)Oc1nc(N)nc(NCCOC2CCCCC2)n1. The van der Waals surface area contributed by atoms with Crippen molar-refractivity contribution < 1.29 is 9.47 Å². The molecule has 118 valence electrons. The van der Waals surface area contributed by atoms with E-state index in [1.807, 2.05) is 13.8 Å². The molecule has 2 rings (SSSR count). The summed E-state index contributed by atoms with van der Waals surface area (Å²) in [6.45, 7) is 5.09. The summed E-state index contributed by atoms with van der Waals surface area (Å²) in [7, 11) is 0. The average molecular weight is 295 g/mol. The van der Waals surface area contributed by atoms with Gasteiger partial charge in [0.05, 0.1) is 18.8 Å². The Kier molecular flexibility index (Phi) is 5.98. The van der Waals surface area contributed by atoms with Crippen LogP contribution in [-0.4, -0.2) is 40.3 Å². The van der Waals surface area contributed by atoms with Gasteiger partial charge in [-0.2, -0.15) is 15.0 Å². The first-order valence-corrected chi connectivity index (χ1v) is 7.67. The second-order valence-corrected chi connectivity index (χ2v) is 5.52. The van der Waals surface area contributed by atoms with Crippen molar-refractivity contribution in [1.29, 1.82) is 0 Å². The topological polar surface area (TPSA) is 95.2 Å². The van der Waals surface area contributed by atoms with Gasteiger partial charge in [-0.15, -0.1) is 0 Å². The molecule has 1 aliphatic carbocycles. The normalized spacial score (nSPS) is 16.1. The first-order valence-electron chi connectivity index (χ1n) is 7.67. The molecule has 1 saturated carbocycles. The molecular weight excluding hydrogens is 270 g/mol. The molecule has 0 radical (unpaired) electrons. The Bertz CT molecular complexity index is 435. The summed E-state index contributed by atoms with van der Waals surface area (Å²) in [6, 6.07) is 0.244. The molecule has 0 aromatic carbocycles. The van der Waals surface area contributed by atoms with Crippen LogP contribution in [0, 0.1) is 0 Å². The summed E-state index contributed by atoms with van der Waals surface area (Å²) in [5, 5.41) is 3.09. The summed E-state index contributed by atoms with van der Waals surface area (Å²) < 4.78 is 11.3. The highest BCUT2D eigenvalue weighted by molar-refractivity contribution is 5.32. The van der Waals surface area contributed by atoms with Crippen molar-refractivity contribution >= 4 is 11.9 Å². The van der Waals surface area contributed by atoms with Crippen LogP contribution in [0.4, 0.5) is 11.9 Å². The predicted octanol–water partition coefficient (Wildman–Crippen LogP) is 2.00. The molecule has 0 amide bonds. The molecule has 7 heteroatoms. The van der Waals surface area contributed by atoms with Crippen LogP contribution >= 0.6 is 0 Å². The van der Waals surface area contributed by atoms with Gasteiger partial charge in [0.15, 0.2) is 0 Å². The molecule has 0 atom stereocenters. The van der Waals surface area contributed by atoms with Crippen LogP contribution in [0.15, 0.2) is 0 Å². The largest absolute Gasteiger partial charge is 0.461 e. The zero-order valence-electron chi connectivity index (χ0n) is 12.8. The summed E-state index contributed by atoms with van der Waals surface area (Å²) >= 11 is 0. The molecule has 0 aliphatic heterocycles. The van der Waals surface area contributed by atoms with Gasteiger partial charge in [0.25, 0.3) is 0 Å². The number of nitrogens with two attached hydrogens (primary N) is 1. The fourth-order valence-electron chi connectivity index (χ4n) is 2.33. The van der Waals surface area contributed by atoms with E-state index in [0.29, 0.717) is 25.2 Å². The number of rotatable bonds is 7. The van der Waals surface area contributed by atoms with Crippen molar-refractivity contribution in [3.05, 3.63) is 0 Å². The molecule has 0 saturated heterocycles. The van der Waals surface area contributed by atoms with E-state index in [9.17, 15) is 0 Å². The van der Waals surface area contributed by atoms with E-state index >= 15 is 0 Å². The number of anilines is 2. The van der Waals surface area contributed by atoms with E-state index in [2.05, 4.69) is 20.3 Å². The molecule has 0 spiro atoms. The smallest absolute Gasteiger partial charge is 0.323 e. The number of nitrogens with zero attached hydrogens (tertiary/aromatic N) is 3. The van der Waals surface area contributed by atoms with Crippen LogP contribution < -0.4 is 15.8 Å². The Labute approximate surface area is 125 Å². The zero-order chi connectivity index (χ0) is 15.1. The molecule has 21 heavy (non-hydrogen) atoms. The second kappa shape index (κ2) is 7.97. The van der Waals surface area contributed by atoms with Gasteiger partial charge < -0.3 is 20.5 Å². The van der Waals surface area contributed by atoms with Gasteiger partial charge >= 0.3 is 6.01 Å². The maximum Gasteiger partial charge on any atom is 0.323 e. The molecule has 7 nitrogen and oxygen atoms in total. The van der Waals surface area contributed by atoms with Gasteiger partial charge in [-0.25, -0.2) is 0 Å². The fraction of sp³-hybridized carbons (Fsp3) is 0.786. The molecule has 1 aromatic rings. The third-order valence-electron chi connectivity index (χ3n) is 3.26. The molecule has 0 bridgehead atoms. The Morgan fingerprint density at radius 1 is 1.19 bits per heavy atom. The Balaban J connectivity index is 1.75. The third-order valence-corrected chi connectivity index (χ3v) is 3.26. The molecule has 1 aliphatic rings. The van der Waals surface area contributed by atoms with Crippen molar-refractivity contribution in [1.82, 2.24) is 15.0 Å². The first-order chi connectivity index (χ1) is 10.1. The number of hydrogen-bond donors (Lipinski definition) is 2. The van der Waals surface area contributed by atoms with Gasteiger partial charge in [0, 0.05) is 6.54 Å². The quantitative estimate of drug-likeness (QED) is 0.743. The van der Waals surface area contributed by atoms with Gasteiger partial charge in [0.1, 0.15) is 0 Å². The summed E-state index contributed by atoms with van der Waals surface area (Å²) in [4.78, 5) is 12.1. The maximum atomic E-state index is 5.83. The number of aromatic nitrogens is 3. The highest BCUT2D eigenvalue weighted by atomic mass is 16.5. The maximum absolute atomic E-state index is 5.83. The van der Waals surface area contributed by atoms with Crippen LogP contribution in [0.1, 0.15) is 46.0 Å². The van der Waals surface area contributed by atoms with E-state index < -0.39 is 0 Å². The number of ether oxygens (including phenoxy) is 2. The van der Waals surface area contributed by atoms with Gasteiger partial charge in [-0.3, -0.25) is 0 Å². The van der Waals surface area contributed by atoms with Gasteiger partial charge in [-0.05, 0) is 26.7 Å². The fourth-order valence-corrected chi connectivity index (χ4v) is 2.33. The van der Waals surface area contributed by atoms with Crippen molar-refractivity contribution in [2.24, 2.45) is 0 Å². The van der Waals surface area contributed by atoms with E-state index in [4.69, 9.17) is 15.2 Å². The highest BCUT2D eigenvalue weighted by Gasteiger charge is 2.13. The van der Waals surface area contributed by atoms with Crippen LogP contribution in [0.25, 0.3) is 0 Å². The van der Waals surface area contributed by atoms with Crippen LogP contribution in [0.2, 0.25) is 0 Å². The van der Waals surface area contributed by atoms with Crippen molar-refractivity contribution in [2.45, 2.75) is 58.2 Å². The lowest BCUT2D eigenvalue weighted by Gasteiger charge is -2.22. The van der Waals surface area contributed by atoms with E-state index in [1.54, 1.807) is 0 Å². The molecular formula is C14H25N5O2. The van der Waals surface area contributed by atoms with Crippen molar-refractivity contribution in [3.8, 4) is 6.01 Å². The van der Waals surface area contributed by atoms with E-state index in [-0.39, 0.29) is 18.1 Å². The highest BCUT2D eigenvalue weighted by Crippen LogP contribution is 2.20. The van der Waals surface area contributed by atoms with Crippen molar-refractivity contribution in [2.75, 3.05) is 24.2 Å².